The minimum atomic E-state index is -4.24. The minimum Gasteiger partial charge on any atom is -0.348 e. The molecule has 3 aliphatic heterocycles. The van der Waals surface area contributed by atoms with Crippen molar-refractivity contribution in [2.24, 2.45) is 0 Å². The van der Waals surface area contributed by atoms with Crippen LogP contribution < -0.4 is 0 Å². The first kappa shape index (κ1) is 30.6. The smallest absolute Gasteiger partial charge is 0.275 e. The van der Waals surface area contributed by atoms with Crippen LogP contribution in [-0.4, -0.2) is 57.3 Å². The molecule has 3 fully saturated rings. The second-order valence-electron chi connectivity index (χ2n) is 13.7. The van der Waals surface area contributed by atoms with Crippen LogP contribution in [-0.2, 0) is 49.8 Å². The van der Waals surface area contributed by atoms with Gasteiger partial charge < -0.3 is 23.7 Å². The summed E-state index contributed by atoms with van der Waals surface area (Å²) in [5, 5.41) is 1.16. The highest BCUT2D eigenvalue weighted by atomic mass is 32.2. The first-order valence-electron chi connectivity index (χ1n) is 14.9. The summed E-state index contributed by atoms with van der Waals surface area (Å²) in [7, 11) is -4.24. The Morgan fingerprint density at radius 1 is 0.860 bits per heavy atom. The van der Waals surface area contributed by atoms with Gasteiger partial charge in [0.05, 0.1) is 6.61 Å². The summed E-state index contributed by atoms with van der Waals surface area (Å²) in [6.45, 7) is 13.8. The number of benzene rings is 3. The monoisotopic (exact) mass is 610 g/mol. The number of rotatable bonds is 7. The molecule has 3 aliphatic rings. The lowest BCUT2D eigenvalue weighted by Gasteiger charge is -2.30. The molecule has 0 radical (unpaired) electrons. The highest BCUT2D eigenvalue weighted by Gasteiger charge is 2.60. The van der Waals surface area contributed by atoms with Gasteiger partial charge in [-0.2, -0.15) is 8.42 Å². The van der Waals surface area contributed by atoms with Gasteiger partial charge in [-0.15, -0.1) is 0 Å². The molecule has 0 bridgehead atoms. The summed E-state index contributed by atoms with van der Waals surface area (Å²) >= 11 is 0. The van der Waals surface area contributed by atoms with E-state index >= 15 is 0 Å². The van der Waals surface area contributed by atoms with Crippen molar-refractivity contribution in [2.75, 3.05) is 6.61 Å². The zero-order valence-electron chi connectivity index (χ0n) is 25.9. The fourth-order valence-electron chi connectivity index (χ4n) is 6.18. The van der Waals surface area contributed by atoms with Gasteiger partial charge in [0.25, 0.3) is 10.1 Å². The van der Waals surface area contributed by atoms with E-state index in [0.29, 0.717) is 5.56 Å². The van der Waals surface area contributed by atoms with Crippen molar-refractivity contribution in [3.8, 4) is 0 Å². The SMILES string of the molecule is CC1(C)O[C@H]2O[C@H]([C@H]3COC(C)(C)O3)[C@@H](OS(=O)(=O)[C@H](Cc3ccc4ccccc4c3)c3ccc(C(C)(C)C)cc3)[C@H]2O1. The maximum atomic E-state index is 14.4. The maximum absolute atomic E-state index is 14.4. The number of hydrogen-bond donors (Lipinski definition) is 0. The Bertz CT molecular complexity index is 1570. The molecule has 0 amide bonds. The number of hydrogen-bond acceptors (Lipinski definition) is 8. The standard InChI is InChI=1S/C34H42O8S/c1-32(2,3)25-16-14-23(15-17-25)27(19-21-12-13-22-10-8-9-11-24(22)18-21)43(35,36)42-29-28(26-20-37-33(4,5)39-26)38-31-30(29)40-34(6,7)41-31/h8-18,26-31H,19-20H2,1-7H3/t26-,27-,28-,29-,30-,31-/m1/s1. The summed E-state index contributed by atoms with van der Waals surface area (Å²) in [6, 6.07) is 21.9. The Morgan fingerprint density at radius 2 is 1.56 bits per heavy atom. The second kappa shape index (κ2) is 10.9. The van der Waals surface area contributed by atoms with E-state index < -0.39 is 57.6 Å². The number of ether oxygens (including phenoxy) is 5. The highest BCUT2D eigenvalue weighted by Crippen LogP contribution is 2.44. The molecule has 9 heteroatoms. The van der Waals surface area contributed by atoms with Gasteiger partial charge in [0.15, 0.2) is 17.9 Å². The van der Waals surface area contributed by atoms with E-state index in [4.69, 9.17) is 27.9 Å². The average molecular weight is 611 g/mol. The third-order valence-corrected chi connectivity index (χ3v) is 10.0. The third-order valence-electron chi connectivity index (χ3n) is 8.40. The molecule has 0 spiro atoms. The Morgan fingerprint density at radius 3 is 2.21 bits per heavy atom. The molecular weight excluding hydrogens is 568 g/mol. The largest absolute Gasteiger partial charge is 0.348 e. The first-order valence-corrected chi connectivity index (χ1v) is 16.4. The molecule has 3 saturated heterocycles. The lowest BCUT2D eigenvalue weighted by Crippen LogP contribution is -2.45. The summed E-state index contributed by atoms with van der Waals surface area (Å²) in [5.41, 5.74) is 2.59. The molecule has 0 saturated carbocycles. The Hall–Kier alpha value is -2.37. The fourth-order valence-corrected chi connectivity index (χ4v) is 7.73. The molecule has 43 heavy (non-hydrogen) atoms. The van der Waals surface area contributed by atoms with Gasteiger partial charge in [-0.3, -0.25) is 4.18 Å². The average Bonchev–Trinajstić information content (AvgIpc) is 3.55. The Balaban J connectivity index is 1.35. The topological polar surface area (TPSA) is 89.5 Å². The van der Waals surface area contributed by atoms with Gasteiger partial charge in [-0.05, 0) is 67.0 Å². The van der Waals surface area contributed by atoms with E-state index in [1.165, 1.54) is 0 Å². The van der Waals surface area contributed by atoms with Crippen LogP contribution in [0.15, 0.2) is 66.7 Å². The first-order chi connectivity index (χ1) is 20.1. The molecular formula is C34H42O8S. The Labute approximate surface area is 254 Å². The molecule has 0 unspecified atom stereocenters. The summed E-state index contributed by atoms with van der Waals surface area (Å²) in [5.74, 6) is -1.78. The maximum Gasteiger partial charge on any atom is 0.275 e. The van der Waals surface area contributed by atoms with Crippen LogP contribution in [0.5, 0.6) is 0 Å². The Kier molecular flexibility index (Phi) is 7.77. The van der Waals surface area contributed by atoms with Crippen LogP contribution in [0, 0.1) is 0 Å². The van der Waals surface area contributed by atoms with Gasteiger partial charge in [0, 0.05) is 0 Å². The van der Waals surface area contributed by atoms with Crippen molar-refractivity contribution in [3.63, 3.8) is 0 Å². The predicted molar refractivity (Wildman–Crippen MR) is 163 cm³/mol. The third kappa shape index (κ3) is 6.40. The van der Waals surface area contributed by atoms with Crippen LogP contribution in [0.25, 0.3) is 10.8 Å². The van der Waals surface area contributed by atoms with Crippen molar-refractivity contribution < 1.29 is 36.3 Å². The normalized spacial score (nSPS) is 29.1. The van der Waals surface area contributed by atoms with Gasteiger partial charge in [0.2, 0.25) is 0 Å². The van der Waals surface area contributed by atoms with Crippen LogP contribution in [0.2, 0.25) is 0 Å². The molecule has 0 N–H and O–H groups in total. The zero-order chi connectivity index (χ0) is 30.8. The predicted octanol–water partition coefficient (Wildman–Crippen LogP) is 6.16. The molecule has 3 aromatic carbocycles. The van der Waals surface area contributed by atoms with E-state index in [9.17, 15) is 8.42 Å². The van der Waals surface area contributed by atoms with Crippen LogP contribution in [0.4, 0.5) is 0 Å². The van der Waals surface area contributed by atoms with E-state index in [1.54, 1.807) is 13.8 Å². The lowest BCUT2D eigenvalue weighted by molar-refractivity contribution is -0.230. The van der Waals surface area contributed by atoms with E-state index in [2.05, 4.69) is 20.8 Å². The van der Waals surface area contributed by atoms with Crippen LogP contribution in [0.3, 0.4) is 0 Å². The van der Waals surface area contributed by atoms with Crippen molar-refractivity contribution in [1.82, 2.24) is 0 Å². The van der Waals surface area contributed by atoms with E-state index in [-0.39, 0.29) is 18.4 Å². The summed E-state index contributed by atoms with van der Waals surface area (Å²) in [6.07, 6.45) is -3.64. The highest BCUT2D eigenvalue weighted by molar-refractivity contribution is 7.87. The molecule has 232 valence electrons. The molecule has 0 aromatic heterocycles. The summed E-state index contributed by atoms with van der Waals surface area (Å²) in [4.78, 5) is 0. The minimum absolute atomic E-state index is 0.0745. The second-order valence-corrected chi connectivity index (χ2v) is 15.5. The number of fused-ring (bicyclic) bond motifs is 2. The van der Waals surface area contributed by atoms with Crippen molar-refractivity contribution in [2.45, 2.75) is 108 Å². The fraction of sp³-hybridized carbons (Fsp3) is 0.529. The van der Waals surface area contributed by atoms with Crippen molar-refractivity contribution in [3.05, 3.63) is 83.4 Å². The van der Waals surface area contributed by atoms with Crippen LogP contribution >= 0.6 is 0 Å². The van der Waals surface area contributed by atoms with Crippen LogP contribution in [0.1, 0.15) is 70.4 Å². The molecule has 8 nitrogen and oxygen atoms in total. The van der Waals surface area contributed by atoms with Gasteiger partial charge in [-0.1, -0.05) is 87.5 Å². The molecule has 6 rings (SSSR count). The molecule has 0 aliphatic carbocycles. The van der Waals surface area contributed by atoms with E-state index in [0.717, 1.165) is 21.9 Å². The molecule has 3 aromatic rings. The van der Waals surface area contributed by atoms with E-state index in [1.807, 2.05) is 80.6 Å². The quantitative estimate of drug-likeness (QED) is 0.294. The van der Waals surface area contributed by atoms with Crippen molar-refractivity contribution in [1.29, 1.82) is 0 Å². The molecule has 6 atom stereocenters. The summed E-state index contributed by atoms with van der Waals surface area (Å²) < 4.78 is 65.2. The lowest BCUT2D eigenvalue weighted by atomic mass is 9.86. The molecule has 3 heterocycles. The van der Waals surface area contributed by atoms with Gasteiger partial charge in [0.1, 0.15) is 29.7 Å². The van der Waals surface area contributed by atoms with Gasteiger partial charge >= 0.3 is 0 Å². The zero-order valence-corrected chi connectivity index (χ0v) is 26.7. The van der Waals surface area contributed by atoms with Crippen molar-refractivity contribution >= 4 is 20.9 Å². The van der Waals surface area contributed by atoms with Gasteiger partial charge in [-0.25, -0.2) is 0 Å².